The van der Waals surface area contributed by atoms with Crippen LogP contribution in [0.1, 0.15) is 26.3 Å². The van der Waals surface area contributed by atoms with Gasteiger partial charge in [-0.3, -0.25) is 0 Å². The number of rotatable bonds is 4. The molecule has 0 fully saturated rings. The second-order valence-corrected chi connectivity index (χ2v) is 17.0. The van der Waals surface area contributed by atoms with Gasteiger partial charge in [0.1, 0.15) is 0 Å². The summed E-state index contributed by atoms with van der Waals surface area (Å²) in [6, 6.07) is 71.9. The molecule has 0 saturated carbocycles. The predicted molar refractivity (Wildman–Crippen MR) is 251 cm³/mol. The molecule has 0 aliphatic heterocycles. The minimum atomic E-state index is 0.0998. The van der Waals surface area contributed by atoms with E-state index >= 15 is 0 Å². The topological polar surface area (TPSA) is 14.8 Å². The Morgan fingerprint density at radius 2 is 0.746 bits per heavy atom. The third kappa shape index (κ3) is 5.08. The maximum Gasteiger partial charge on any atom is 0.0716 e. The molecular formula is C56H41N3. The van der Waals surface area contributed by atoms with E-state index in [1.54, 1.807) is 0 Å². The van der Waals surface area contributed by atoms with Crippen LogP contribution in [0.3, 0.4) is 0 Å². The highest BCUT2D eigenvalue weighted by Crippen LogP contribution is 2.41. The summed E-state index contributed by atoms with van der Waals surface area (Å²) in [4.78, 5) is 0. The van der Waals surface area contributed by atoms with E-state index in [0.717, 1.165) is 0 Å². The summed E-state index contributed by atoms with van der Waals surface area (Å²) in [6.07, 6.45) is 0. The van der Waals surface area contributed by atoms with Gasteiger partial charge < -0.3 is 4.57 Å². The molecule has 0 aliphatic carbocycles. The molecule has 3 aromatic heterocycles. The molecule has 0 N–H and O–H groups in total. The first-order valence-corrected chi connectivity index (χ1v) is 20.6. The molecule has 280 valence electrons. The standard InChI is InChI=1S/C56H41N3/c1-56(2,3)40-26-28-41(29-27-40)57-50-20-9-6-18-46(50)47-33-37(23-30-51(47)57)38-24-31-54-48(34-38)49-35-39(43-19-12-14-36-13-4-5-15-42(36)43)25-32-55(49)59(54)58-52-21-10-7-16-44(52)45-17-8-11-22-53(45)58/h4-35H,1-3H3. The van der Waals surface area contributed by atoms with E-state index in [1.807, 2.05) is 0 Å². The van der Waals surface area contributed by atoms with Gasteiger partial charge in [0, 0.05) is 38.0 Å². The van der Waals surface area contributed by atoms with E-state index in [9.17, 15) is 0 Å². The van der Waals surface area contributed by atoms with Crippen molar-refractivity contribution in [2.45, 2.75) is 26.2 Å². The van der Waals surface area contributed by atoms with Crippen LogP contribution in [0.2, 0.25) is 0 Å². The summed E-state index contributed by atoms with van der Waals surface area (Å²) < 4.78 is 7.27. The van der Waals surface area contributed by atoms with E-state index < -0.39 is 0 Å². The minimum absolute atomic E-state index is 0.0998. The number of nitrogens with zero attached hydrogens (tertiary/aromatic N) is 3. The van der Waals surface area contributed by atoms with E-state index in [4.69, 9.17) is 0 Å². The largest absolute Gasteiger partial charge is 0.309 e. The summed E-state index contributed by atoms with van der Waals surface area (Å²) in [7, 11) is 0. The quantitative estimate of drug-likeness (QED) is 0.170. The number of aromatic nitrogens is 3. The van der Waals surface area contributed by atoms with Gasteiger partial charge in [0.05, 0.1) is 33.1 Å². The van der Waals surface area contributed by atoms with Crippen molar-refractivity contribution in [2.75, 3.05) is 0 Å². The number of hydrogen-bond acceptors (Lipinski definition) is 0. The second-order valence-electron chi connectivity index (χ2n) is 17.0. The van der Waals surface area contributed by atoms with Gasteiger partial charge in [-0.1, -0.05) is 148 Å². The van der Waals surface area contributed by atoms with Crippen LogP contribution in [0.15, 0.2) is 194 Å². The average molecular weight is 756 g/mol. The molecule has 59 heavy (non-hydrogen) atoms. The fraction of sp³-hybridized carbons (Fsp3) is 0.0714. The Morgan fingerprint density at radius 1 is 0.322 bits per heavy atom. The number of hydrogen-bond donors (Lipinski definition) is 0. The van der Waals surface area contributed by atoms with Crippen LogP contribution in [0, 0.1) is 0 Å². The van der Waals surface area contributed by atoms with E-state index in [1.165, 1.54) is 110 Å². The maximum absolute atomic E-state index is 2.44. The molecule has 12 rings (SSSR count). The van der Waals surface area contributed by atoms with Crippen molar-refractivity contribution < 1.29 is 0 Å². The summed E-state index contributed by atoms with van der Waals surface area (Å²) in [5, 5.41) is 9.97. The number of benzene rings is 9. The normalized spacial score (nSPS) is 12.3. The summed E-state index contributed by atoms with van der Waals surface area (Å²) in [5.74, 6) is 0. The molecule has 0 spiro atoms. The lowest BCUT2D eigenvalue weighted by molar-refractivity contribution is 0.590. The molecule has 3 nitrogen and oxygen atoms in total. The van der Waals surface area contributed by atoms with Gasteiger partial charge in [-0.15, -0.1) is 0 Å². The van der Waals surface area contributed by atoms with Gasteiger partial charge >= 0.3 is 0 Å². The zero-order valence-corrected chi connectivity index (χ0v) is 33.3. The molecule has 3 heterocycles. The lowest BCUT2D eigenvalue weighted by Gasteiger charge is -2.19. The van der Waals surface area contributed by atoms with Gasteiger partial charge in [0.25, 0.3) is 0 Å². The third-order valence-corrected chi connectivity index (χ3v) is 12.6. The maximum atomic E-state index is 2.44. The first-order chi connectivity index (χ1) is 28.9. The summed E-state index contributed by atoms with van der Waals surface area (Å²) >= 11 is 0. The zero-order valence-electron chi connectivity index (χ0n) is 33.3. The van der Waals surface area contributed by atoms with E-state index in [0.29, 0.717) is 0 Å². The van der Waals surface area contributed by atoms with Crippen molar-refractivity contribution in [3.05, 3.63) is 200 Å². The zero-order chi connectivity index (χ0) is 39.4. The van der Waals surface area contributed by atoms with Crippen molar-refractivity contribution in [2.24, 2.45) is 0 Å². The Balaban J connectivity index is 1.10. The van der Waals surface area contributed by atoms with Crippen LogP contribution >= 0.6 is 0 Å². The Kier molecular flexibility index (Phi) is 7.19. The monoisotopic (exact) mass is 755 g/mol. The molecule has 0 atom stereocenters. The Morgan fingerprint density at radius 3 is 1.36 bits per heavy atom. The lowest BCUT2D eigenvalue weighted by atomic mass is 9.87. The van der Waals surface area contributed by atoms with Gasteiger partial charge in [0.2, 0.25) is 0 Å². The van der Waals surface area contributed by atoms with E-state index in [2.05, 4.69) is 229 Å². The van der Waals surface area contributed by atoms with Gasteiger partial charge in [-0.05, 0) is 111 Å². The molecule has 9 aromatic carbocycles. The molecule has 0 unspecified atom stereocenters. The van der Waals surface area contributed by atoms with Gasteiger partial charge in [-0.25, -0.2) is 9.35 Å². The molecule has 0 aliphatic rings. The van der Waals surface area contributed by atoms with Crippen LogP contribution in [0.5, 0.6) is 0 Å². The Hall–Kier alpha value is -7.36. The smallest absolute Gasteiger partial charge is 0.0716 e. The van der Waals surface area contributed by atoms with Crippen molar-refractivity contribution in [3.8, 4) is 27.9 Å². The highest BCUT2D eigenvalue weighted by atomic mass is 15.5. The molecule has 0 saturated heterocycles. The van der Waals surface area contributed by atoms with Crippen LogP contribution < -0.4 is 0 Å². The van der Waals surface area contributed by atoms with Crippen LogP contribution in [-0.4, -0.2) is 13.9 Å². The molecular weight excluding hydrogens is 715 g/mol. The van der Waals surface area contributed by atoms with Crippen molar-refractivity contribution >= 4 is 76.2 Å². The van der Waals surface area contributed by atoms with E-state index in [-0.39, 0.29) is 5.41 Å². The Bertz CT molecular complexity index is 3580. The van der Waals surface area contributed by atoms with Crippen molar-refractivity contribution in [3.63, 3.8) is 0 Å². The lowest BCUT2D eigenvalue weighted by Crippen LogP contribution is -2.10. The molecule has 0 amide bonds. The molecule has 0 radical (unpaired) electrons. The summed E-state index contributed by atoms with van der Waals surface area (Å²) in [5.41, 5.74) is 14.6. The van der Waals surface area contributed by atoms with Crippen molar-refractivity contribution in [1.82, 2.24) is 13.9 Å². The first-order valence-electron chi connectivity index (χ1n) is 20.6. The van der Waals surface area contributed by atoms with Crippen LogP contribution in [0.25, 0.3) is 104 Å². The SMILES string of the molecule is CC(C)(C)c1ccc(-n2c3ccccc3c3cc(-c4ccc5c(c4)c4cc(-c6cccc7ccccc67)ccc4n5-n4c5ccccc5c5ccccc54)ccc32)cc1. The highest BCUT2D eigenvalue weighted by molar-refractivity contribution is 6.15. The third-order valence-electron chi connectivity index (χ3n) is 12.6. The first kappa shape index (κ1) is 33.7. The summed E-state index contributed by atoms with van der Waals surface area (Å²) in [6.45, 7) is 6.81. The Labute approximate surface area is 342 Å². The molecule has 12 aromatic rings. The van der Waals surface area contributed by atoms with Crippen LogP contribution in [0.4, 0.5) is 0 Å². The number of para-hydroxylation sites is 3. The molecule has 0 bridgehead atoms. The number of fused-ring (bicyclic) bond motifs is 10. The minimum Gasteiger partial charge on any atom is -0.309 e. The average Bonchev–Trinajstić information content (AvgIpc) is 3.90. The van der Waals surface area contributed by atoms with Gasteiger partial charge in [0.15, 0.2) is 0 Å². The van der Waals surface area contributed by atoms with Crippen LogP contribution in [-0.2, 0) is 5.41 Å². The second kappa shape index (κ2) is 12.6. The highest BCUT2D eigenvalue weighted by Gasteiger charge is 2.21. The van der Waals surface area contributed by atoms with Gasteiger partial charge in [-0.2, -0.15) is 0 Å². The predicted octanol–water partition coefficient (Wildman–Crippen LogP) is 15.1. The van der Waals surface area contributed by atoms with Crippen molar-refractivity contribution in [1.29, 1.82) is 0 Å². The fourth-order valence-corrected chi connectivity index (χ4v) is 9.70. The molecule has 3 heteroatoms. The fourth-order valence-electron chi connectivity index (χ4n) is 9.70.